The van der Waals surface area contributed by atoms with Crippen LogP contribution in [0.15, 0.2) is 18.2 Å². The highest BCUT2D eigenvalue weighted by Gasteiger charge is 2.24. The maximum Gasteiger partial charge on any atom is 0.227 e. The molecule has 0 bridgehead atoms. The Morgan fingerprint density at radius 3 is 2.90 bits per heavy atom. The molecule has 1 heterocycles. The first-order valence-corrected chi connectivity index (χ1v) is 6.64. The van der Waals surface area contributed by atoms with Gasteiger partial charge in [0.15, 0.2) is 0 Å². The fourth-order valence-electron chi connectivity index (χ4n) is 2.24. The number of methoxy groups -OCH3 is 1. The summed E-state index contributed by atoms with van der Waals surface area (Å²) in [5.41, 5.74) is 6.68. The van der Waals surface area contributed by atoms with Gasteiger partial charge in [0.25, 0.3) is 0 Å². The van der Waals surface area contributed by atoms with E-state index in [1.54, 1.807) is 30.2 Å². The quantitative estimate of drug-likeness (QED) is 0.844. The zero-order chi connectivity index (χ0) is 14.5. The van der Waals surface area contributed by atoms with Crippen LogP contribution in [0.25, 0.3) is 0 Å². The van der Waals surface area contributed by atoms with Crippen LogP contribution in [0.5, 0.6) is 5.75 Å². The highest BCUT2D eigenvalue weighted by atomic mass is 16.5. The van der Waals surface area contributed by atoms with Gasteiger partial charge < -0.3 is 20.7 Å². The molecule has 2 rings (SSSR count). The lowest BCUT2D eigenvalue weighted by molar-refractivity contribution is -0.117. The molecule has 6 nitrogen and oxygen atoms in total. The highest BCUT2D eigenvalue weighted by molar-refractivity contribution is 5.98. The SMILES string of the molecule is COc1ccc(NC(=O)CCN)cc1N1CCCC1=O. The number of nitrogens with two attached hydrogens (primary N) is 1. The molecule has 0 saturated carbocycles. The lowest BCUT2D eigenvalue weighted by Gasteiger charge is -2.20. The lowest BCUT2D eigenvalue weighted by atomic mass is 10.2. The number of amides is 2. The standard InChI is InChI=1S/C14H19N3O3/c1-20-12-5-4-10(16-13(18)6-7-15)9-11(12)17-8-2-3-14(17)19/h4-5,9H,2-3,6-8,15H2,1H3,(H,16,18). The Morgan fingerprint density at radius 2 is 2.30 bits per heavy atom. The Hall–Kier alpha value is -2.08. The van der Waals surface area contributed by atoms with Crippen molar-refractivity contribution in [2.75, 3.05) is 30.4 Å². The molecule has 6 heteroatoms. The van der Waals surface area contributed by atoms with Gasteiger partial charge in [-0.15, -0.1) is 0 Å². The molecule has 3 N–H and O–H groups in total. The Labute approximate surface area is 117 Å². The van der Waals surface area contributed by atoms with Crippen molar-refractivity contribution in [1.29, 1.82) is 0 Å². The summed E-state index contributed by atoms with van der Waals surface area (Å²) in [6.45, 7) is 0.981. The van der Waals surface area contributed by atoms with Crippen molar-refractivity contribution >= 4 is 23.2 Å². The maximum absolute atomic E-state index is 11.8. The van der Waals surface area contributed by atoms with E-state index < -0.39 is 0 Å². The Kier molecular flexibility index (Phi) is 4.57. The molecule has 2 amide bonds. The monoisotopic (exact) mass is 277 g/mol. The molecule has 0 radical (unpaired) electrons. The van der Waals surface area contributed by atoms with Crippen LogP contribution in [0.1, 0.15) is 19.3 Å². The van der Waals surface area contributed by atoms with Crippen LogP contribution in [-0.4, -0.2) is 32.0 Å². The number of hydrogen-bond donors (Lipinski definition) is 2. The second-order valence-corrected chi connectivity index (χ2v) is 4.62. The number of carbonyl (C=O) groups excluding carboxylic acids is 2. The Bertz CT molecular complexity index is 516. The van der Waals surface area contributed by atoms with E-state index in [0.717, 1.165) is 6.42 Å². The molecule has 1 aromatic carbocycles. The van der Waals surface area contributed by atoms with Crippen LogP contribution >= 0.6 is 0 Å². The zero-order valence-corrected chi connectivity index (χ0v) is 11.5. The van der Waals surface area contributed by atoms with Crippen molar-refractivity contribution in [2.45, 2.75) is 19.3 Å². The molecule has 1 aromatic rings. The van der Waals surface area contributed by atoms with Crippen LogP contribution in [0, 0.1) is 0 Å². The summed E-state index contributed by atoms with van der Waals surface area (Å²) in [4.78, 5) is 25.1. The largest absolute Gasteiger partial charge is 0.495 e. The number of benzene rings is 1. The van der Waals surface area contributed by atoms with Gasteiger partial charge in [-0.1, -0.05) is 0 Å². The second kappa shape index (κ2) is 6.38. The average molecular weight is 277 g/mol. The van der Waals surface area contributed by atoms with Crippen molar-refractivity contribution < 1.29 is 14.3 Å². The molecule has 1 fully saturated rings. The molecule has 1 aliphatic rings. The van der Waals surface area contributed by atoms with Crippen molar-refractivity contribution in [3.63, 3.8) is 0 Å². The molecule has 0 unspecified atom stereocenters. The minimum absolute atomic E-state index is 0.0775. The lowest BCUT2D eigenvalue weighted by Crippen LogP contribution is -2.24. The fourth-order valence-corrected chi connectivity index (χ4v) is 2.24. The zero-order valence-electron chi connectivity index (χ0n) is 11.5. The molecule has 108 valence electrons. The number of ether oxygens (including phenoxy) is 1. The van der Waals surface area contributed by atoms with Gasteiger partial charge in [-0.05, 0) is 24.6 Å². The van der Waals surface area contributed by atoms with Gasteiger partial charge in [0, 0.05) is 31.6 Å². The third-order valence-corrected chi connectivity index (χ3v) is 3.20. The summed E-state index contributed by atoms with van der Waals surface area (Å²) >= 11 is 0. The molecular formula is C14H19N3O3. The molecule has 0 atom stereocenters. The van der Waals surface area contributed by atoms with Gasteiger partial charge in [-0.25, -0.2) is 0 Å². The van der Waals surface area contributed by atoms with Crippen LogP contribution < -0.4 is 20.7 Å². The predicted octanol–water partition coefficient (Wildman–Crippen LogP) is 1.11. The van der Waals surface area contributed by atoms with Crippen molar-refractivity contribution in [3.05, 3.63) is 18.2 Å². The summed E-state index contributed by atoms with van der Waals surface area (Å²) in [5.74, 6) is 0.558. The highest BCUT2D eigenvalue weighted by Crippen LogP contribution is 2.33. The van der Waals surface area contributed by atoms with E-state index in [1.165, 1.54) is 0 Å². The molecule has 20 heavy (non-hydrogen) atoms. The smallest absolute Gasteiger partial charge is 0.227 e. The van der Waals surface area contributed by atoms with E-state index in [2.05, 4.69) is 5.32 Å². The molecule has 1 saturated heterocycles. The van der Waals surface area contributed by atoms with E-state index in [1.807, 2.05) is 0 Å². The van der Waals surface area contributed by atoms with E-state index in [9.17, 15) is 9.59 Å². The topological polar surface area (TPSA) is 84.7 Å². The number of hydrogen-bond acceptors (Lipinski definition) is 4. The van der Waals surface area contributed by atoms with Crippen molar-refractivity contribution in [1.82, 2.24) is 0 Å². The number of anilines is 2. The van der Waals surface area contributed by atoms with E-state index in [4.69, 9.17) is 10.5 Å². The number of nitrogens with zero attached hydrogens (tertiary/aromatic N) is 1. The third kappa shape index (κ3) is 3.08. The molecular weight excluding hydrogens is 258 g/mol. The Morgan fingerprint density at radius 1 is 1.50 bits per heavy atom. The minimum atomic E-state index is -0.142. The fraction of sp³-hybridized carbons (Fsp3) is 0.429. The first-order chi connectivity index (χ1) is 9.65. The summed E-state index contributed by atoms with van der Waals surface area (Å²) in [6.07, 6.45) is 1.66. The number of rotatable bonds is 5. The summed E-state index contributed by atoms with van der Waals surface area (Å²) in [7, 11) is 1.56. The normalized spacial score (nSPS) is 14.5. The van der Waals surface area contributed by atoms with Gasteiger partial charge in [-0.2, -0.15) is 0 Å². The van der Waals surface area contributed by atoms with Crippen molar-refractivity contribution in [2.24, 2.45) is 5.73 Å². The summed E-state index contributed by atoms with van der Waals surface area (Å²) in [5, 5.41) is 2.76. The van der Waals surface area contributed by atoms with Gasteiger partial charge >= 0.3 is 0 Å². The first kappa shape index (κ1) is 14.3. The molecule has 1 aliphatic heterocycles. The summed E-state index contributed by atoms with van der Waals surface area (Å²) < 4.78 is 5.29. The Balaban J connectivity index is 2.24. The maximum atomic E-state index is 11.8. The third-order valence-electron chi connectivity index (χ3n) is 3.20. The van der Waals surface area contributed by atoms with Crippen LogP contribution in [0.4, 0.5) is 11.4 Å². The van der Waals surface area contributed by atoms with E-state index >= 15 is 0 Å². The van der Waals surface area contributed by atoms with E-state index in [0.29, 0.717) is 36.6 Å². The van der Waals surface area contributed by atoms with Gasteiger partial charge in [0.2, 0.25) is 11.8 Å². The van der Waals surface area contributed by atoms with Gasteiger partial charge in [0.05, 0.1) is 12.8 Å². The van der Waals surface area contributed by atoms with Crippen LogP contribution in [0.3, 0.4) is 0 Å². The average Bonchev–Trinajstić information content (AvgIpc) is 2.85. The van der Waals surface area contributed by atoms with Crippen LogP contribution in [0.2, 0.25) is 0 Å². The molecule has 0 aromatic heterocycles. The van der Waals surface area contributed by atoms with Gasteiger partial charge in [-0.3, -0.25) is 9.59 Å². The second-order valence-electron chi connectivity index (χ2n) is 4.62. The summed E-state index contributed by atoms with van der Waals surface area (Å²) in [6, 6.07) is 5.26. The molecule has 0 spiro atoms. The number of nitrogens with one attached hydrogen (secondary N) is 1. The van der Waals surface area contributed by atoms with Crippen molar-refractivity contribution in [3.8, 4) is 5.75 Å². The van der Waals surface area contributed by atoms with Crippen LogP contribution in [-0.2, 0) is 9.59 Å². The van der Waals surface area contributed by atoms with E-state index in [-0.39, 0.29) is 18.2 Å². The van der Waals surface area contributed by atoms with Gasteiger partial charge in [0.1, 0.15) is 5.75 Å². The predicted molar refractivity (Wildman–Crippen MR) is 76.9 cm³/mol. The first-order valence-electron chi connectivity index (χ1n) is 6.64. The molecule has 0 aliphatic carbocycles. The number of carbonyl (C=O) groups is 2. The minimum Gasteiger partial charge on any atom is -0.495 e.